The van der Waals surface area contributed by atoms with Gasteiger partial charge in [-0.15, -0.1) is 0 Å². The summed E-state index contributed by atoms with van der Waals surface area (Å²) in [7, 11) is 0. The fourth-order valence-electron chi connectivity index (χ4n) is 2.17. The van der Waals surface area contributed by atoms with Crippen LogP contribution in [0.5, 0.6) is 5.75 Å². The van der Waals surface area contributed by atoms with Gasteiger partial charge in [0.25, 0.3) is 0 Å². The predicted octanol–water partition coefficient (Wildman–Crippen LogP) is 2.04. The average Bonchev–Trinajstić information content (AvgIpc) is 2.39. The van der Waals surface area contributed by atoms with E-state index >= 15 is 0 Å². The Kier molecular flexibility index (Phi) is 5.22. The van der Waals surface area contributed by atoms with Crippen molar-refractivity contribution < 1.29 is 9.53 Å². The molecule has 19 heavy (non-hydrogen) atoms. The number of hydrogen-bond donors (Lipinski definition) is 1. The van der Waals surface area contributed by atoms with E-state index in [-0.39, 0.29) is 11.9 Å². The van der Waals surface area contributed by atoms with Crippen LogP contribution in [0.2, 0.25) is 0 Å². The van der Waals surface area contributed by atoms with Gasteiger partial charge in [-0.3, -0.25) is 4.79 Å². The van der Waals surface area contributed by atoms with Crippen LogP contribution in [0.1, 0.15) is 13.3 Å². The van der Waals surface area contributed by atoms with E-state index in [9.17, 15) is 4.79 Å². The molecule has 0 spiro atoms. The topological polar surface area (TPSA) is 41.6 Å². The SMILES string of the molecule is C[C@H]1CNCCN1C(=O)CCOc1cccc(Br)c1. The zero-order chi connectivity index (χ0) is 13.7. The molecule has 1 heterocycles. The van der Waals surface area contributed by atoms with Gasteiger partial charge in [0.05, 0.1) is 13.0 Å². The molecule has 1 amide bonds. The summed E-state index contributed by atoms with van der Waals surface area (Å²) in [5.74, 6) is 0.958. The predicted molar refractivity (Wildman–Crippen MR) is 78.3 cm³/mol. The molecule has 0 aromatic heterocycles. The summed E-state index contributed by atoms with van der Waals surface area (Å²) in [6, 6.07) is 7.92. The van der Waals surface area contributed by atoms with E-state index in [1.807, 2.05) is 29.2 Å². The number of ether oxygens (including phenoxy) is 1. The Bertz CT molecular complexity index is 439. The molecule has 5 heteroatoms. The van der Waals surface area contributed by atoms with Crippen molar-refractivity contribution in [2.24, 2.45) is 0 Å². The maximum absolute atomic E-state index is 12.1. The second-order valence-corrected chi connectivity index (χ2v) is 5.61. The van der Waals surface area contributed by atoms with Crippen molar-refractivity contribution in [2.45, 2.75) is 19.4 Å². The van der Waals surface area contributed by atoms with E-state index < -0.39 is 0 Å². The molecule has 0 saturated carbocycles. The summed E-state index contributed by atoms with van der Waals surface area (Å²) in [5.41, 5.74) is 0. The normalized spacial score (nSPS) is 19.3. The number of hydrogen-bond acceptors (Lipinski definition) is 3. The molecule has 1 atom stereocenters. The van der Waals surface area contributed by atoms with E-state index in [0.717, 1.165) is 29.9 Å². The van der Waals surface area contributed by atoms with Crippen molar-refractivity contribution in [1.29, 1.82) is 0 Å². The second kappa shape index (κ2) is 6.91. The minimum Gasteiger partial charge on any atom is -0.493 e. The van der Waals surface area contributed by atoms with E-state index in [1.165, 1.54) is 0 Å². The maximum Gasteiger partial charge on any atom is 0.226 e. The Labute approximate surface area is 122 Å². The zero-order valence-corrected chi connectivity index (χ0v) is 12.6. The number of amides is 1. The van der Waals surface area contributed by atoms with Gasteiger partial charge in [0, 0.05) is 30.1 Å². The first kappa shape index (κ1) is 14.3. The summed E-state index contributed by atoms with van der Waals surface area (Å²) in [4.78, 5) is 14.0. The summed E-state index contributed by atoms with van der Waals surface area (Å²) in [5, 5.41) is 3.28. The Hall–Kier alpha value is -1.07. The van der Waals surface area contributed by atoms with E-state index in [1.54, 1.807) is 0 Å². The molecule has 1 aromatic rings. The fourth-order valence-corrected chi connectivity index (χ4v) is 2.55. The highest BCUT2D eigenvalue weighted by molar-refractivity contribution is 9.10. The number of halogens is 1. The number of benzene rings is 1. The first-order valence-corrected chi connectivity index (χ1v) is 7.34. The lowest BCUT2D eigenvalue weighted by Gasteiger charge is -2.34. The lowest BCUT2D eigenvalue weighted by atomic mass is 10.2. The standard InChI is InChI=1S/C14H19BrN2O2/c1-11-10-16-6-7-17(11)14(18)5-8-19-13-4-2-3-12(15)9-13/h2-4,9,11,16H,5-8,10H2,1H3/t11-/m0/s1. The fraction of sp³-hybridized carbons (Fsp3) is 0.500. The summed E-state index contributed by atoms with van der Waals surface area (Å²) in [6.45, 7) is 5.03. The molecule has 1 aromatic carbocycles. The van der Waals surface area contributed by atoms with E-state index in [4.69, 9.17) is 4.74 Å². The highest BCUT2D eigenvalue weighted by Gasteiger charge is 2.22. The van der Waals surface area contributed by atoms with Crippen molar-refractivity contribution in [3.63, 3.8) is 0 Å². The maximum atomic E-state index is 12.1. The molecule has 1 aliphatic rings. The molecular formula is C14H19BrN2O2. The van der Waals surface area contributed by atoms with Crippen LogP contribution in [0.15, 0.2) is 28.7 Å². The highest BCUT2D eigenvalue weighted by Crippen LogP contribution is 2.18. The van der Waals surface area contributed by atoms with Crippen molar-refractivity contribution in [3.8, 4) is 5.75 Å². The lowest BCUT2D eigenvalue weighted by molar-refractivity contribution is -0.134. The smallest absolute Gasteiger partial charge is 0.226 e. The number of carbonyl (C=O) groups is 1. The molecule has 4 nitrogen and oxygen atoms in total. The van der Waals surface area contributed by atoms with Crippen molar-refractivity contribution in [2.75, 3.05) is 26.2 Å². The van der Waals surface area contributed by atoms with Crippen LogP contribution in [0, 0.1) is 0 Å². The van der Waals surface area contributed by atoms with Crippen LogP contribution >= 0.6 is 15.9 Å². The molecule has 1 aliphatic heterocycles. The van der Waals surface area contributed by atoms with Crippen molar-refractivity contribution >= 4 is 21.8 Å². The van der Waals surface area contributed by atoms with Gasteiger partial charge >= 0.3 is 0 Å². The van der Waals surface area contributed by atoms with Gasteiger partial charge < -0.3 is 15.0 Å². The molecule has 0 aliphatic carbocycles. The molecule has 1 saturated heterocycles. The quantitative estimate of drug-likeness (QED) is 0.920. The highest BCUT2D eigenvalue weighted by atomic mass is 79.9. The lowest BCUT2D eigenvalue weighted by Crippen LogP contribution is -2.52. The van der Waals surface area contributed by atoms with E-state index in [2.05, 4.69) is 28.2 Å². The first-order chi connectivity index (χ1) is 9.16. The molecule has 0 radical (unpaired) electrons. The van der Waals surface area contributed by atoms with Gasteiger partial charge in [-0.1, -0.05) is 22.0 Å². The number of nitrogens with zero attached hydrogens (tertiary/aromatic N) is 1. The third-order valence-electron chi connectivity index (χ3n) is 3.20. The number of nitrogens with one attached hydrogen (secondary N) is 1. The Balaban J connectivity index is 1.77. The molecular weight excluding hydrogens is 308 g/mol. The summed E-state index contributed by atoms with van der Waals surface area (Å²) >= 11 is 3.39. The van der Waals surface area contributed by atoms with Crippen molar-refractivity contribution in [3.05, 3.63) is 28.7 Å². The largest absolute Gasteiger partial charge is 0.493 e. The molecule has 0 unspecified atom stereocenters. The average molecular weight is 327 g/mol. The molecule has 1 N–H and O–H groups in total. The van der Waals surface area contributed by atoms with Crippen LogP contribution in [-0.4, -0.2) is 43.1 Å². The van der Waals surface area contributed by atoms with Gasteiger partial charge in [0.2, 0.25) is 5.91 Å². The third kappa shape index (κ3) is 4.21. The van der Waals surface area contributed by atoms with Gasteiger partial charge in [-0.2, -0.15) is 0 Å². The van der Waals surface area contributed by atoms with Gasteiger partial charge in [-0.05, 0) is 25.1 Å². The van der Waals surface area contributed by atoms with Gasteiger partial charge in [0.15, 0.2) is 0 Å². The third-order valence-corrected chi connectivity index (χ3v) is 3.70. The summed E-state index contributed by atoms with van der Waals surface area (Å²) < 4.78 is 6.57. The number of piperazine rings is 1. The number of rotatable bonds is 4. The van der Waals surface area contributed by atoms with Gasteiger partial charge in [0.1, 0.15) is 5.75 Å². The molecule has 0 bridgehead atoms. The van der Waals surface area contributed by atoms with E-state index in [0.29, 0.717) is 13.0 Å². The first-order valence-electron chi connectivity index (χ1n) is 6.55. The minimum atomic E-state index is 0.170. The van der Waals surface area contributed by atoms with Crippen LogP contribution in [0.25, 0.3) is 0 Å². The summed E-state index contributed by atoms with van der Waals surface area (Å²) in [6.07, 6.45) is 0.427. The number of carbonyl (C=O) groups excluding carboxylic acids is 1. The van der Waals surface area contributed by atoms with Crippen LogP contribution in [0.3, 0.4) is 0 Å². The van der Waals surface area contributed by atoms with Crippen molar-refractivity contribution in [1.82, 2.24) is 10.2 Å². The monoisotopic (exact) mass is 326 g/mol. The Morgan fingerprint density at radius 3 is 3.16 bits per heavy atom. The molecule has 104 valence electrons. The van der Waals surface area contributed by atoms with Gasteiger partial charge in [-0.25, -0.2) is 0 Å². The molecule has 2 rings (SSSR count). The molecule has 1 fully saturated rings. The Morgan fingerprint density at radius 2 is 2.42 bits per heavy atom. The Morgan fingerprint density at radius 1 is 1.58 bits per heavy atom. The van der Waals surface area contributed by atoms with Crippen LogP contribution < -0.4 is 10.1 Å². The minimum absolute atomic E-state index is 0.170. The van der Waals surface area contributed by atoms with Crippen LogP contribution in [0.4, 0.5) is 0 Å². The second-order valence-electron chi connectivity index (χ2n) is 4.70. The van der Waals surface area contributed by atoms with Crippen LogP contribution in [-0.2, 0) is 4.79 Å². The zero-order valence-electron chi connectivity index (χ0n) is 11.1.